The topological polar surface area (TPSA) is 24.9 Å². The molecule has 0 aliphatic carbocycles. The lowest BCUT2D eigenvalue weighted by Gasteiger charge is -2.04. The number of nitrogens with one attached hydrogen (secondary N) is 1. The molecule has 0 saturated carbocycles. The van der Waals surface area contributed by atoms with Crippen LogP contribution in [0.5, 0.6) is 0 Å². The Morgan fingerprint density at radius 3 is 2.80 bits per heavy atom. The average Bonchev–Trinajstić information content (AvgIpc) is 2.28. The van der Waals surface area contributed by atoms with Gasteiger partial charge in [-0.15, -0.1) is 0 Å². The molecule has 0 aliphatic heterocycles. The van der Waals surface area contributed by atoms with Gasteiger partial charge >= 0.3 is 0 Å². The molecule has 1 aromatic carbocycles. The summed E-state index contributed by atoms with van der Waals surface area (Å²) in [4.78, 5) is 4.22. The summed E-state index contributed by atoms with van der Waals surface area (Å²) < 4.78 is 3.26. The first-order valence-corrected chi connectivity index (χ1v) is 5.57. The van der Waals surface area contributed by atoms with E-state index in [0.29, 0.717) is 0 Å². The summed E-state index contributed by atoms with van der Waals surface area (Å²) in [6.45, 7) is 2.08. The van der Waals surface area contributed by atoms with E-state index in [4.69, 9.17) is 0 Å². The molecule has 0 saturated heterocycles. The van der Waals surface area contributed by atoms with E-state index in [1.54, 1.807) is 6.20 Å². The van der Waals surface area contributed by atoms with Gasteiger partial charge in [-0.1, -0.05) is 18.2 Å². The maximum atomic E-state index is 4.22. The van der Waals surface area contributed by atoms with E-state index in [1.165, 1.54) is 17.5 Å². The minimum absolute atomic E-state index is 0.971. The Bertz CT molecular complexity index is 429. The third kappa shape index (κ3) is 2.99. The first-order chi connectivity index (χ1) is 7.34. The van der Waals surface area contributed by atoms with Gasteiger partial charge in [0.25, 0.3) is 0 Å². The summed E-state index contributed by atoms with van der Waals surface area (Å²) in [7, 11) is 0. The number of nitrogens with zero attached hydrogens (tertiary/aromatic N) is 1. The van der Waals surface area contributed by atoms with Crippen LogP contribution in [0.25, 0.3) is 0 Å². The van der Waals surface area contributed by atoms with E-state index in [9.17, 15) is 0 Å². The normalized spacial score (nSPS) is 9.93. The molecule has 2 rings (SSSR count). The lowest BCUT2D eigenvalue weighted by atomic mass is 10.2. The summed E-state index contributed by atoms with van der Waals surface area (Å²) in [5.74, 6) is 0. The van der Waals surface area contributed by atoms with Crippen molar-refractivity contribution in [3.05, 3.63) is 54.2 Å². The van der Waals surface area contributed by atoms with Crippen molar-refractivity contribution in [3.63, 3.8) is 0 Å². The zero-order valence-corrected chi connectivity index (χ0v) is 9.29. The van der Waals surface area contributed by atoms with Crippen LogP contribution in [0, 0.1) is 6.92 Å². The Hall–Kier alpha value is -1.48. The number of benzene rings is 1. The van der Waals surface area contributed by atoms with Crippen molar-refractivity contribution in [1.29, 1.82) is 0 Å². The number of rotatable bonds is 3. The Kier molecular flexibility index (Phi) is 3.25. The Morgan fingerprint density at radius 2 is 2.07 bits per heavy atom. The molecule has 0 spiro atoms. The van der Waals surface area contributed by atoms with Gasteiger partial charge in [0, 0.05) is 23.8 Å². The number of aromatic nitrogens is 1. The maximum absolute atomic E-state index is 4.22. The van der Waals surface area contributed by atoms with Gasteiger partial charge in [-0.25, -0.2) is 4.98 Å². The molecule has 15 heavy (non-hydrogen) atoms. The van der Waals surface area contributed by atoms with Gasteiger partial charge in [-0.05, 0) is 36.8 Å². The molecule has 0 bridgehead atoms. The van der Waals surface area contributed by atoms with Gasteiger partial charge in [-0.3, -0.25) is 0 Å². The third-order valence-corrected chi connectivity index (χ3v) is 2.72. The minimum atomic E-state index is 0.971. The summed E-state index contributed by atoms with van der Waals surface area (Å²) in [5, 5.41) is 0.971. The van der Waals surface area contributed by atoms with Crippen molar-refractivity contribution >= 4 is 17.6 Å². The third-order valence-electron chi connectivity index (χ3n) is 1.93. The van der Waals surface area contributed by atoms with Gasteiger partial charge in [0.2, 0.25) is 0 Å². The zero-order valence-electron chi connectivity index (χ0n) is 8.47. The molecule has 2 nitrogen and oxygen atoms in total. The molecule has 3 heteroatoms. The summed E-state index contributed by atoms with van der Waals surface area (Å²) in [5.41, 5.74) is 2.35. The minimum Gasteiger partial charge on any atom is -0.324 e. The van der Waals surface area contributed by atoms with Crippen molar-refractivity contribution in [2.24, 2.45) is 0 Å². The second kappa shape index (κ2) is 4.84. The second-order valence-corrected chi connectivity index (χ2v) is 4.07. The summed E-state index contributed by atoms with van der Waals surface area (Å²) in [6, 6.07) is 14.1. The molecule has 0 radical (unpaired) electrons. The van der Waals surface area contributed by atoms with Gasteiger partial charge in [-0.2, -0.15) is 0 Å². The van der Waals surface area contributed by atoms with Crippen LogP contribution in [0.2, 0.25) is 0 Å². The lowest BCUT2D eigenvalue weighted by Crippen LogP contribution is -1.88. The van der Waals surface area contributed by atoms with Gasteiger partial charge in [0.05, 0.1) is 0 Å². The Labute approximate surface area is 93.9 Å². The smallest absolute Gasteiger partial charge is 0.116 e. The number of hydrogen-bond donors (Lipinski definition) is 1. The van der Waals surface area contributed by atoms with Crippen LogP contribution in [-0.2, 0) is 0 Å². The van der Waals surface area contributed by atoms with E-state index >= 15 is 0 Å². The zero-order chi connectivity index (χ0) is 10.5. The Balaban J connectivity index is 1.99. The monoisotopic (exact) mass is 216 g/mol. The fraction of sp³-hybridized carbons (Fsp3) is 0.0833. The molecule has 1 heterocycles. The lowest BCUT2D eigenvalue weighted by molar-refractivity contribution is 1.14. The predicted octanol–water partition coefficient (Wildman–Crippen LogP) is 3.51. The van der Waals surface area contributed by atoms with Crippen LogP contribution in [0.4, 0.5) is 5.69 Å². The van der Waals surface area contributed by atoms with E-state index in [2.05, 4.69) is 28.8 Å². The van der Waals surface area contributed by atoms with Crippen molar-refractivity contribution in [3.8, 4) is 0 Å². The molecule has 0 fully saturated rings. The van der Waals surface area contributed by atoms with Crippen LogP contribution < -0.4 is 4.72 Å². The average molecular weight is 216 g/mol. The first-order valence-electron chi connectivity index (χ1n) is 4.75. The van der Waals surface area contributed by atoms with Gasteiger partial charge in [0.1, 0.15) is 5.03 Å². The highest BCUT2D eigenvalue weighted by molar-refractivity contribution is 8.00. The molecular weight excluding hydrogens is 204 g/mol. The molecule has 0 aliphatic rings. The first kappa shape index (κ1) is 10.1. The highest BCUT2D eigenvalue weighted by Gasteiger charge is 1.95. The molecule has 76 valence electrons. The van der Waals surface area contributed by atoms with E-state index < -0.39 is 0 Å². The predicted molar refractivity (Wildman–Crippen MR) is 64.9 cm³/mol. The van der Waals surface area contributed by atoms with Gasteiger partial charge in [0.15, 0.2) is 0 Å². The molecule has 0 unspecified atom stereocenters. The number of anilines is 1. The fourth-order valence-electron chi connectivity index (χ4n) is 1.23. The molecule has 0 atom stereocenters. The summed E-state index contributed by atoms with van der Waals surface area (Å²) >= 11 is 1.52. The largest absolute Gasteiger partial charge is 0.324 e. The number of hydrogen-bond acceptors (Lipinski definition) is 3. The van der Waals surface area contributed by atoms with Crippen LogP contribution in [0.3, 0.4) is 0 Å². The highest BCUT2D eigenvalue weighted by atomic mass is 32.2. The van der Waals surface area contributed by atoms with Crippen molar-refractivity contribution in [2.45, 2.75) is 11.9 Å². The number of pyridine rings is 1. The van der Waals surface area contributed by atoms with E-state index in [1.807, 2.05) is 30.3 Å². The van der Waals surface area contributed by atoms with Crippen LogP contribution >= 0.6 is 11.9 Å². The van der Waals surface area contributed by atoms with E-state index in [0.717, 1.165) is 10.7 Å². The summed E-state index contributed by atoms with van der Waals surface area (Å²) in [6.07, 6.45) is 1.79. The van der Waals surface area contributed by atoms with Crippen LogP contribution in [-0.4, -0.2) is 4.98 Å². The molecule has 0 amide bonds. The standard InChI is InChI=1S/C12H12N2S/c1-10-5-4-6-11(9-10)14-15-12-7-2-3-8-13-12/h2-9,14H,1H3. The molecule has 1 aromatic heterocycles. The van der Waals surface area contributed by atoms with Crippen molar-refractivity contribution in [2.75, 3.05) is 4.72 Å². The maximum Gasteiger partial charge on any atom is 0.116 e. The molecular formula is C12H12N2S. The van der Waals surface area contributed by atoms with Crippen LogP contribution in [0.1, 0.15) is 5.56 Å². The van der Waals surface area contributed by atoms with Crippen molar-refractivity contribution in [1.82, 2.24) is 4.98 Å². The number of aryl methyl sites for hydroxylation is 1. The highest BCUT2D eigenvalue weighted by Crippen LogP contribution is 2.19. The van der Waals surface area contributed by atoms with E-state index in [-0.39, 0.29) is 0 Å². The fourth-order valence-corrected chi connectivity index (χ4v) is 1.84. The SMILES string of the molecule is Cc1cccc(NSc2ccccn2)c1. The quantitative estimate of drug-likeness (QED) is 0.795. The molecule has 1 N–H and O–H groups in total. The Morgan fingerprint density at radius 1 is 1.13 bits per heavy atom. The second-order valence-electron chi connectivity index (χ2n) is 3.24. The van der Waals surface area contributed by atoms with Crippen molar-refractivity contribution < 1.29 is 0 Å². The molecule has 2 aromatic rings. The van der Waals surface area contributed by atoms with Gasteiger partial charge < -0.3 is 4.72 Å². The van der Waals surface area contributed by atoms with Crippen LogP contribution in [0.15, 0.2) is 53.7 Å².